The lowest BCUT2D eigenvalue weighted by molar-refractivity contribution is -0.140. The molecule has 5 N–H and O–H groups in total. The number of nitrogens with one attached hydrogen (secondary N) is 3. The lowest BCUT2D eigenvalue weighted by Gasteiger charge is -2.28. The molecular formula is C17H26N6O4. The SMILES string of the molecule is C.NC(=O)[C@@H]1CCCN1C(=O)[C@H](Cc1cnc[nH]1)NC(=O)[C@@H]1CCC(=O)N1. The van der Waals surface area contributed by atoms with Crippen molar-refractivity contribution in [3.05, 3.63) is 18.2 Å². The molecule has 0 aliphatic carbocycles. The molecular weight excluding hydrogens is 352 g/mol. The summed E-state index contributed by atoms with van der Waals surface area (Å²) in [6.07, 6.45) is 5.13. The number of nitrogens with zero attached hydrogens (tertiary/aromatic N) is 2. The number of aromatic nitrogens is 2. The molecule has 1 aromatic rings. The van der Waals surface area contributed by atoms with E-state index in [9.17, 15) is 19.2 Å². The number of carbonyl (C=O) groups excluding carboxylic acids is 4. The minimum absolute atomic E-state index is 0. The third-order valence-corrected chi connectivity index (χ3v) is 4.77. The van der Waals surface area contributed by atoms with Crippen LogP contribution in [0, 0.1) is 0 Å². The first-order valence-electron chi connectivity index (χ1n) is 8.62. The molecule has 0 saturated carbocycles. The molecule has 4 amide bonds. The summed E-state index contributed by atoms with van der Waals surface area (Å²) < 4.78 is 0. The normalized spacial score (nSPS) is 22.7. The van der Waals surface area contributed by atoms with E-state index in [0.717, 1.165) is 0 Å². The molecule has 0 unspecified atom stereocenters. The molecule has 2 saturated heterocycles. The van der Waals surface area contributed by atoms with Crippen molar-refractivity contribution in [3.63, 3.8) is 0 Å². The zero-order valence-corrected chi connectivity index (χ0v) is 14.2. The smallest absolute Gasteiger partial charge is 0.246 e. The second-order valence-electron chi connectivity index (χ2n) is 6.59. The van der Waals surface area contributed by atoms with Gasteiger partial charge < -0.3 is 26.3 Å². The molecule has 10 heteroatoms. The quantitative estimate of drug-likeness (QED) is 0.492. The fourth-order valence-corrected chi connectivity index (χ4v) is 3.43. The number of H-pyrrole nitrogens is 1. The van der Waals surface area contributed by atoms with Crippen LogP contribution in [-0.2, 0) is 25.6 Å². The van der Waals surface area contributed by atoms with Crippen LogP contribution in [-0.4, -0.2) is 63.2 Å². The zero-order chi connectivity index (χ0) is 18.7. The van der Waals surface area contributed by atoms with Gasteiger partial charge in [0.2, 0.25) is 23.6 Å². The Hall–Kier alpha value is -2.91. The number of rotatable bonds is 6. The fraction of sp³-hybridized carbons (Fsp3) is 0.588. The molecule has 1 aromatic heterocycles. The van der Waals surface area contributed by atoms with Gasteiger partial charge in [0.05, 0.1) is 6.33 Å². The van der Waals surface area contributed by atoms with Gasteiger partial charge >= 0.3 is 0 Å². The van der Waals surface area contributed by atoms with Crippen LogP contribution in [0.25, 0.3) is 0 Å². The summed E-state index contributed by atoms with van der Waals surface area (Å²) in [6.45, 7) is 0.419. The van der Waals surface area contributed by atoms with E-state index in [4.69, 9.17) is 5.73 Å². The first-order valence-corrected chi connectivity index (χ1v) is 8.62. The third-order valence-electron chi connectivity index (χ3n) is 4.77. The van der Waals surface area contributed by atoms with Crippen molar-refractivity contribution in [2.24, 2.45) is 5.73 Å². The van der Waals surface area contributed by atoms with E-state index >= 15 is 0 Å². The Morgan fingerprint density at radius 2 is 2.15 bits per heavy atom. The summed E-state index contributed by atoms with van der Waals surface area (Å²) in [4.78, 5) is 56.6. The molecule has 3 heterocycles. The van der Waals surface area contributed by atoms with Gasteiger partial charge in [0.1, 0.15) is 18.1 Å². The van der Waals surface area contributed by atoms with Crippen molar-refractivity contribution in [1.82, 2.24) is 25.5 Å². The second-order valence-corrected chi connectivity index (χ2v) is 6.59. The predicted octanol–water partition coefficient (Wildman–Crippen LogP) is -1.17. The zero-order valence-electron chi connectivity index (χ0n) is 14.2. The third kappa shape index (κ3) is 4.63. The molecule has 0 bridgehead atoms. The van der Waals surface area contributed by atoms with Crippen LogP contribution in [0.15, 0.2) is 12.5 Å². The molecule has 3 rings (SSSR count). The van der Waals surface area contributed by atoms with Crippen molar-refractivity contribution in [2.75, 3.05) is 6.54 Å². The van der Waals surface area contributed by atoms with Crippen LogP contribution in [0.3, 0.4) is 0 Å². The van der Waals surface area contributed by atoms with Gasteiger partial charge in [0, 0.05) is 31.3 Å². The Morgan fingerprint density at radius 3 is 2.74 bits per heavy atom. The van der Waals surface area contributed by atoms with Gasteiger partial charge in [0.15, 0.2) is 0 Å². The molecule has 0 spiro atoms. The van der Waals surface area contributed by atoms with E-state index in [0.29, 0.717) is 31.5 Å². The minimum Gasteiger partial charge on any atom is -0.368 e. The monoisotopic (exact) mass is 378 g/mol. The number of hydrogen-bond donors (Lipinski definition) is 4. The maximum absolute atomic E-state index is 13.0. The Balaban J connectivity index is 0.00000261. The summed E-state index contributed by atoms with van der Waals surface area (Å²) in [7, 11) is 0. The Bertz CT molecular complexity index is 704. The number of amides is 4. The number of primary amides is 1. The van der Waals surface area contributed by atoms with Gasteiger partial charge in [-0.15, -0.1) is 0 Å². The first kappa shape index (κ1) is 20.4. The second kappa shape index (κ2) is 8.65. The van der Waals surface area contributed by atoms with Crippen molar-refractivity contribution >= 4 is 23.6 Å². The lowest BCUT2D eigenvalue weighted by atomic mass is 10.1. The van der Waals surface area contributed by atoms with Gasteiger partial charge in [-0.2, -0.15) is 0 Å². The molecule has 2 aliphatic heterocycles. The number of likely N-dealkylation sites (tertiary alicyclic amines) is 1. The van der Waals surface area contributed by atoms with Gasteiger partial charge in [-0.05, 0) is 19.3 Å². The highest BCUT2D eigenvalue weighted by atomic mass is 16.2. The Morgan fingerprint density at radius 1 is 1.37 bits per heavy atom. The maximum Gasteiger partial charge on any atom is 0.246 e. The van der Waals surface area contributed by atoms with Crippen LogP contribution in [0.4, 0.5) is 0 Å². The average Bonchev–Trinajstić information content (AvgIpc) is 3.34. The van der Waals surface area contributed by atoms with E-state index in [1.165, 1.54) is 11.2 Å². The lowest BCUT2D eigenvalue weighted by Crippen LogP contribution is -2.56. The summed E-state index contributed by atoms with van der Waals surface area (Å²) in [5.41, 5.74) is 6.07. The highest BCUT2D eigenvalue weighted by Crippen LogP contribution is 2.19. The van der Waals surface area contributed by atoms with E-state index in [-0.39, 0.29) is 32.1 Å². The molecule has 2 fully saturated rings. The minimum atomic E-state index is -0.875. The van der Waals surface area contributed by atoms with E-state index in [2.05, 4.69) is 20.6 Å². The van der Waals surface area contributed by atoms with E-state index in [1.54, 1.807) is 6.20 Å². The van der Waals surface area contributed by atoms with Crippen LogP contribution < -0.4 is 16.4 Å². The molecule has 10 nitrogen and oxygen atoms in total. The van der Waals surface area contributed by atoms with Gasteiger partial charge in [-0.1, -0.05) is 7.43 Å². The fourth-order valence-electron chi connectivity index (χ4n) is 3.43. The molecule has 2 aliphatic rings. The number of hydrogen-bond acceptors (Lipinski definition) is 5. The van der Waals surface area contributed by atoms with Gasteiger partial charge in [-0.25, -0.2) is 4.98 Å². The van der Waals surface area contributed by atoms with Crippen LogP contribution in [0.2, 0.25) is 0 Å². The maximum atomic E-state index is 13.0. The Kier molecular flexibility index (Phi) is 6.54. The number of aromatic amines is 1. The molecule has 0 radical (unpaired) electrons. The Labute approximate surface area is 157 Å². The number of carbonyl (C=O) groups is 4. The first-order chi connectivity index (χ1) is 12.5. The standard InChI is InChI=1S/C16H22N6O4.CH4/c17-14(24)12-2-1-5-22(12)16(26)11(6-9-7-18-8-19-9)21-15(25)10-3-4-13(23)20-10;/h7-8,10-12H,1-6H2,(H2,17,24)(H,18,19)(H,20,23)(H,21,25);1H4/t10-,11-,12-;/m0./s1. The average molecular weight is 378 g/mol. The number of imidazole rings is 1. The number of nitrogens with two attached hydrogens (primary N) is 1. The highest BCUT2D eigenvalue weighted by Gasteiger charge is 2.38. The van der Waals surface area contributed by atoms with Crippen LogP contribution in [0.5, 0.6) is 0 Å². The van der Waals surface area contributed by atoms with Gasteiger partial charge in [-0.3, -0.25) is 19.2 Å². The predicted molar refractivity (Wildman–Crippen MR) is 96.0 cm³/mol. The summed E-state index contributed by atoms with van der Waals surface area (Å²) in [6, 6.07) is -2.18. The molecule has 27 heavy (non-hydrogen) atoms. The van der Waals surface area contributed by atoms with Crippen molar-refractivity contribution in [1.29, 1.82) is 0 Å². The summed E-state index contributed by atoms with van der Waals surface area (Å²) >= 11 is 0. The van der Waals surface area contributed by atoms with Crippen molar-refractivity contribution < 1.29 is 19.2 Å². The van der Waals surface area contributed by atoms with Gasteiger partial charge in [0.25, 0.3) is 0 Å². The topological polar surface area (TPSA) is 150 Å². The van der Waals surface area contributed by atoms with Crippen LogP contribution >= 0.6 is 0 Å². The summed E-state index contributed by atoms with van der Waals surface area (Å²) in [5, 5.41) is 5.29. The summed E-state index contributed by atoms with van der Waals surface area (Å²) in [5.74, 6) is -1.51. The molecule has 148 valence electrons. The van der Waals surface area contributed by atoms with Crippen LogP contribution in [0.1, 0.15) is 38.8 Å². The molecule has 3 atom stereocenters. The van der Waals surface area contributed by atoms with E-state index in [1.807, 2.05) is 0 Å². The van der Waals surface area contributed by atoms with Crippen molar-refractivity contribution in [2.45, 2.75) is 57.7 Å². The largest absolute Gasteiger partial charge is 0.368 e. The molecule has 0 aromatic carbocycles. The van der Waals surface area contributed by atoms with E-state index < -0.39 is 29.9 Å². The van der Waals surface area contributed by atoms with Crippen molar-refractivity contribution in [3.8, 4) is 0 Å². The highest BCUT2D eigenvalue weighted by molar-refractivity contribution is 5.95.